The molecule has 0 saturated carbocycles. The highest BCUT2D eigenvalue weighted by Crippen LogP contribution is 2.34. The van der Waals surface area contributed by atoms with Crippen LogP contribution in [-0.2, 0) is 9.53 Å². The van der Waals surface area contributed by atoms with E-state index in [1.165, 1.54) is 4.90 Å². The Balaban J connectivity index is 1.47. The molecule has 0 aliphatic carbocycles. The highest BCUT2D eigenvalue weighted by atomic mass is 16.6. The lowest BCUT2D eigenvalue weighted by Gasteiger charge is -2.22. The van der Waals surface area contributed by atoms with Crippen molar-refractivity contribution in [2.75, 3.05) is 0 Å². The number of carbonyl (C=O) groups is 2. The van der Waals surface area contributed by atoms with Crippen LogP contribution in [0.15, 0.2) is 84.9 Å². The van der Waals surface area contributed by atoms with Crippen molar-refractivity contribution in [3.8, 4) is 11.5 Å². The summed E-state index contributed by atoms with van der Waals surface area (Å²) in [7, 11) is 0. The normalized spacial score (nSPS) is 19.3. The number of para-hydroxylation sites is 1. The Bertz CT molecular complexity index is 1020. The molecule has 4 rings (SSSR count). The van der Waals surface area contributed by atoms with Crippen molar-refractivity contribution in [2.24, 2.45) is 0 Å². The van der Waals surface area contributed by atoms with Crippen LogP contribution in [0.25, 0.3) is 0 Å². The van der Waals surface area contributed by atoms with Crippen LogP contribution in [0.2, 0.25) is 0 Å². The van der Waals surface area contributed by atoms with Gasteiger partial charge in [0.05, 0.1) is 12.0 Å². The van der Waals surface area contributed by atoms with Gasteiger partial charge in [-0.2, -0.15) is 0 Å². The number of amides is 2. The second kappa shape index (κ2) is 8.41. The fraction of sp³-hybridized carbons (Fsp3) is 0.200. The third-order valence-corrected chi connectivity index (χ3v) is 5.36. The molecule has 1 fully saturated rings. The van der Waals surface area contributed by atoms with E-state index in [9.17, 15) is 9.59 Å². The maximum Gasteiger partial charge on any atom is 0.417 e. The minimum absolute atomic E-state index is 0.275. The van der Waals surface area contributed by atoms with Crippen LogP contribution in [0.5, 0.6) is 11.5 Å². The van der Waals surface area contributed by atoms with E-state index in [2.05, 4.69) is 0 Å². The van der Waals surface area contributed by atoms with Crippen LogP contribution in [0, 0.1) is 0 Å². The van der Waals surface area contributed by atoms with Gasteiger partial charge in [0.1, 0.15) is 17.6 Å². The van der Waals surface area contributed by atoms with Crippen molar-refractivity contribution < 1.29 is 19.1 Å². The zero-order valence-corrected chi connectivity index (χ0v) is 16.9. The van der Waals surface area contributed by atoms with E-state index in [0.29, 0.717) is 5.75 Å². The highest BCUT2D eigenvalue weighted by Gasteiger charge is 2.44. The van der Waals surface area contributed by atoms with E-state index >= 15 is 0 Å². The van der Waals surface area contributed by atoms with Gasteiger partial charge >= 0.3 is 6.09 Å². The number of ether oxygens (including phenoxy) is 2. The first-order valence-corrected chi connectivity index (χ1v) is 9.96. The van der Waals surface area contributed by atoms with Gasteiger partial charge in [-0.25, -0.2) is 9.69 Å². The molecule has 3 aromatic rings. The molecule has 3 aromatic carbocycles. The van der Waals surface area contributed by atoms with Crippen LogP contribution in [0.4, 0.5) is 4.79 Å². The molecule has 1 aliphatic rings. The van der Waals surface area contributed by atoms with Gasteiger partial charge in [0.25, 0.3) is 0 Å². The second-order valence-electron chi connectivity index (χ2n) is 7.37. The van der Waals surface area contributed by atoms with E-state index in [0.717, 1.165) is 16.9 Å². The Morgan fingerprint density at radius 1 is 0.900 bits per heavy atom. The summed E-state index contributed by atoms with van der Waals surface area (Å²) >= 11 is 0. The molecule has 5 heteroatoms. The molecule has 0 aromatic heterocycles. The molecule has 1 aliphatic heterocycles. The Morgan fingerprint density at radius 3 is 2.10 bits per heavy atom. The maximum atomic E-state index is 13.1. The fourth-order valence-electron chi connectivity index (χ4n) is 3.65. The molecule has 3 atom stereocenters. The molecular formula is C25H23NO4. The minimum atomic E-state index is -0.600. The van der Waals surface area contributed by atoms with Gasteiger partial charge < -0.3 is 9.47 Å². The van der Waals surface area contributed by atoms with E-state index < -0.39 is 18.1 Å². The Hall–Kier alpha value is -3.60. The number of benzene rings is 3. The molecule has 0 bridgehead atoms. The van der Waals surface area contributed by atoms with Crippen molar-refractivity contribution in [1.82, 2.24) is 4.90 Å². The molecule has 0 N–H and O–H groups in total. The van der Waals surface area contributed by atoms with E-state index in [4.69, 9.17) is 9.47 Å². The third kappa shape index (κ3) is 3.92. The van der Waals surface area contributed by atoms with Gasteiger partial charge in [0.2, 0.25) is 5.91 Å². The minimum Gasteiger partial charge on any atom is -0.457 e. The summed E-state index contributed by atoms with van der Waals surface area (Å²) in [5.41, 5.74) is 1.69. The highest BCUT2D eigenvalue weighted by molar-refractivity contribution is 5.97. The average Bonchev–Trinajstić information content (AvgIpc) is 3.08. The first kappa shape index (κ1) is 19.7. The van der Waals surface area contributed by atoms with Crippen LogP contribution in [0.3, 0.4) is 0 Å². The molecule has 1 heterocycles. The van der Waals surface area contributed by atoms with Crippen LogP contribution in [-0.4, -0.2) is 22.9 Å². The quantitative estimate of drug-likeness (QED) is 0.551. The van der Waals surface area contributed by atoms with Crippen LogP contribution in [0.1, 0.15) is 37.0 Å². The van der Waals surface area contributed by atoms with E-state index in [1.54, 1.807) is 6.92 Å². The third-order valence-electron chi connectivity index (χ3n) is 5.36. The average molecular weight is 401 g/mol. The first-order valence-electron chi connectivity index (χ1n) is 9.96. The van der Waals surface area contributed by atoms with Gasteiger partial charge in [-0.3, -0.25) is 4.79 Å². The number of carbonyl (C=O) groups excluding carboxylic acids is 2. The van der Waals surface area contributed by atoms with Crippen molar-refractivity contribution in [1.29, 1.82) is 0 Å². The second-order valence-corrected chi connectivity index (χ2v) is 7.37. The molecule has 3 unspecified atom stereocenters. The molecule has 1 saturated heterocycles. The Labute approximate surface area is 175 Å². The smallest absolute Gasteiger partial charge is 0.417 e. The zero-order valence-electron chi connectivity index (χ0n) is 16.9. The fourth-order valence-corrected chi connectivity index (χ4v) is 3.65. The lowest BCUT2D eigenvalue weighted by atomic mass is 9.97. The summed E-state index contributed by atoms with van der Waals surface area (Å²) in [4.78, 5) is 26.8. The van der Waals surface area contributed by atoms with Gasteiger partial charge in [0.15, 0.2) is 0 Å². The largest absolute Gasteiger partial charge is 0.457 e. The van der Waals surface area contributed by atoms with Crippen molar-refractivity contribution in [2.45, 2.75) is 31.9 Å². The molecule has 0 spiro atoms. The number of hydrogen-bond acceptors (Lipinski definition) is 4. The Kier molecular flexibility index (Phi) is 5.53. The summed E-state index contributed by atoms with van der Waals surface area (Å²) in [6, 6.07) is 25.9. The molecular weight excluding hydrogens is 378 g/mol. The zero-order chi connectivity index (χ0) is 21.1. The standard InChI is InChI=1S/C25H23NO4/c1-17(19-13-15-22(16-14-19)29-21-11-7-4-8-12-21)24(27)26-18(2)23(30-25(26)28)20-9-5-3-6-10-20/h3-18,23H,1-2H3. The summed E-state index contributed by atoms with van der Waals surface area (Å²) in [6.07, 6.45) is -1.06. The van der Waals surface area contributed by atoms with E-state index in [1.807, 2.05) is 91.9 Å². The number of nitrogens with zero attached hydrogens (tertiary/aromatic N) is 1. The molecule has 0 radical (unpaired) electrons. The van der Waals surface area contributed by atoms with Gasteiger partial charge in [-0.1, -0.05) is 60.7 Å². The summed E-state index contributed by atoms with van der Waals surface area (Å²) in [6.45, 7) is 3.63. The first-order chi connectivity index (χ1) is 14.5. The number of rotatable bonds is 5. The number of imide groups is 1. The predicted octanol–water partition coefficient (Wildman–Crippen LogP) is 5.69. The van der Waals surface area contributed by atoms with Gasteiger partial charge in [-0.05, 0) is 49.2 Å². The topological polar surface area (TPSA) is 55.8 Å². The predicted molar refractivity (Wildman–Crippen MR) is 113 cm³/mol. The van der Waals surface area contributed by atoms with Crippen molar-refractivity contribution in [3.63, 3.8) is 0 Å². The SMILES string of the molecule is CC(C(=O)N1C(=O)OC(c2ccccc2)C1C)c1ccc(Oc2ccccc2)cc1. The summed E-state index contributed by atoms with van der Waals surface area (Å²) < 4.78 is 11.3. The van der Waals surface area contributed by atoms with Gasteiger partial charge in [0, 0.05) is 0 Å². The molecule has 2 amide bonds. The van der Waals surface area contributed by atoms with Crippen molar-refractivity contribution >= 4 is 12.0 Å². The maximum absolute atomic E-state index is 13.1. The Morgan fingerprint density at radius 2 is 1.47 bits per heavy atom. The summed E-state index contributed by atoms with van der Waals surface area (Å²) in [5.74, 6) is 0.667. The number of hydrogen-bond donors (Lipinski definition) is 0. The van der Waals surface area contributed by atoms with E-state index in [-0.39, 0.29) is 11.9 Å². The lowest BCUT2D eigenvalue weighted by Crippen LogP contribution is -2.40. The molecule has 5 nitrogen and oxygen atoms in total. The lowest BCUT2D eigenvalue weighted by molar-refractivity contribution is -0.130. The summed E-state index contributed by atoms with van der Waals surface area (Å²) in [5, 5.41) is 0. The number of cyclic esters (lactones) is 1. The van der Waals surface area contributed by atoms with Crippen molar-refractivity contribution in [3.05, 3.63) is 96.1 Å². The van der Waals surface area contributed by atoms with Crippen LogP contribution < -0.4 is 4.74 Å². The molecule has 152 valence electrons. The van der Waals surface area contributed by atoms with Gasteiger partial charge in [-0.15, -0.1) is 0 Å². The monoisotopic (exact) mass is 401 g/mol. The van der Waals surface area contributed by atoms with Crippen LogP contribution >= 0.6 is 0 Å². The molecule has 30 heavy (non-hydrogen) atoms.